The molecule has 0 spiro atoms. The van der Waals surface area contributed by atoms with Gasteiger partial charge < -0.3 is 10.6 Å². The first-order chi connectivity index (χ1) is 14.5. The van der Waals surface area contributed by atoms with Crippen molar-refractivity contribution < 1.29 is 0 Å². The molecule has 0 radical (unpaired) electrons. The van der Waals surface area contributed by atoms with Crippen LogP contribution in [0.25, 0.3) is 11.1 Å². The Labute approximate surface area is 180 Å². The van der Waals surface area contributed by atoms with Gasteiger partial charge in [0.1, 0.15) is 11.7 Å². The summed E-state index contributed by atoms with van der Waals surface area (Å²) in [6, 6.07) is 9.19. The normalized spacial score (nSPS) is 16.7. The lowest BCUT2D eigenvalue weighted by Gasteiger charge is -2.20. The molecule has 4 heteroatoms. The molecular weight excluding hydrogens is 368 g/mol. The Hall–Kier alpha value is -2.62. The first-order valence-electron chi connectivity index (χ1n) is 11.3. The maximum absolute atomic E-state index is 4.66. The van der Waals surface area contributed by atoms with Crippen molar-refractivity contribution in [2.45, 2.75) is 66.2 Å². The minimum Gasteiger partial charge on any atom is -0.344 e. The number of anilines is 2. The van der Waals surface area contributed by atoms with E-state index in [1.165, 1.54) is 70.4 Å². The molecule has 2 aliphatic rings. The first kappa shape index (κ1) is 20.6. The van der Waals surface area contributed by atoms with E-state index in [4.69, 9.17) is 0 Å². The Morgan fingerprint density at radius 1 is 0.567 bits per heavy atom. The van der Waals surface area contributed by atoms with Crippen molar-refractivity contribution >= 4 is 23.0 Å². The maximum Gasteiger partial charge on any atom is 0.101 e. The number of aryl methyl sites for hydroxylation is 4. The van der Waals surface area contributed by atoms with Gasteiger partial charge in [-0.25, -0.2) is 0 Å². The Morgan fingerprint density at radius 3 is 1.23 bits per heavy atom. The average molecular weight is 403 g/mol. The predicted octanol–water partition coefficient (Wildman–Crippen LogP) is 6.58. The topological polar surface area (TPSA) is 48.8 Å². The Bertz CT molecular complexity index is 873. The molecule has 2 N–H and O–H groups in total. The van der Waals surface area contributed by atoms with Gasteiger partial charge in [-0.2, -0.15) is 0 Å². The Kier molecular flexibility index (Phi) is 6.21. The molecule has 4 rings (SSSR count). The fourth-order valence-electron chi connectivity index (χ4n) is 4.54. The lowest BCUT2D eigenvalue weighted by molar-refractivity contribution is 0.736. The van der Waals surface area contributed by atoms with Crippen LogP contribution in [0.2, 0.25) is 0 Å². The van der Waals surface area contributed by atoms with Crippen LogP contribution in [0.15, 0.2) is 34.3 Å². The summed E-state index contributed by atoms with van der Waals surface area (Å²) in [4.78, 5) is 9.31. The number of nitrogens with zero attached hydrogens (tertiary/aromatic N) is 2. The smallest absolute Gasteiger partial charge is 0.101 e. The van der Waals surface area contributed by atoms with Crippen molar-refractivity contribution in [3.8, 4) is 11.1 Å². The molecule has 2 aromatic carbocycles. The van der Waals surface area contributed by atoms with E-state index in [-0.39, 0.29) is 0 Å². The van der Waals surface area contributed by atoms with Gasteiger partial charge in [0.2, 0.25) is 0 Å². The second kappa shape index (κ2) is 9.03. The summed E-state index contributed by atoms with van der Waals surface area (Å²) in [6.07, 6.45) is 6.98. The number of hydrogen-bond acceptors (Lipinski definition) is 4. The van der Waals surface area contributed by atoms with Crippen LogP contribution in [0.5, 0.6) is 0 Å². The highest BCUT2D eigenvalue weighted by atomic mass is 15.0. The van der Waals surface area contributed by atoms with Crippen LogP contribution >= 0.6 is 0 Å². The van der Waals surface area contributed by atoms with Crippen LogP contribution in [0, 0.1) is 27.7 Å². The molecule has 0 aliphatic carbocycles. The SMILES string of the molecule is Cc1cc(-c2cc(C)c(NC3=NCCCC3)c(C)c2)cc(C)c1NC1=NCCCC1. The standard InChI is InChI=1S/C26H34N4/c1-17-13-21(14-18(2)25(17)29-23-9-5-7-11-27-23)22-15-19(3)26(20(4)16-22)30-24-10-6-8-12-28-24/h13-16H,5-12H2,1-4H3,(H,27,29)(H,28,30). The minimum atomic E-state index is 0.948. The summed E-state index contributed by atoms with van der Waals surface area (Å²) >= 11 is 0. The zero-order valence-electron chi connectivity index (χ0n) is 18.9. The van der Waals surface area contributed by atoms with Crippen LogP contribution in [0.4, 0.5) is 11.4 Å². The van der Waals surface area contributed by atoms with Crippen molar-refractivity contribution in [2.24, 2.45) is 9.98 Å². The predicted molar refractivity (Wildman–Crippen MR) is 130 cm³/mol. The van der Waals surface area contributed by atoms with E-state index in [2.05, 4.69) is 72.6 Å². The molecule has 0 saturated carbocycles. The maximum atomic E-state index is 4.66. The second-order valence-corrected chi connectivity index (χ2v) is 8.79. The molecule has 0 unspecified atom stereocenters. The molecule has 2 heterocycles. The Morgan fingerprint density at radius 2 is 0.933 bits per heavy atom. The summed E-state index contributed by atoms with van der Waals surface area (Å²) in [5, 5.41) is 7.20. The molecule has 2 aromatic rings. The molecule has 2 aliphatic heterocycles. The summed E-state index contributed by atoms with van der Waals surface area (Å²) < 4.78 is 0. The van der Waals surface area contributed by atoms with Gasteiger partial charge in [0, 0.05) is 37.3 Å². The van der Waals surface area contributed by atoms with Gasteiger partial charge in [-0.15, -0.1) is 0 Å². The van der Waals surface area contributed by atoms with Gasteiger partial charge in [-0.1, -0.05) is 0 Å². The number of amidine groups is 2. The monoisotopic (exact) mass is 402 g/mol. The molecule has 0 atom stereocenters. The van der Waals surface area contributed by atoms with Crippen molar-refractivity contribution in [3.05, 3.63) is 46.5 Å². The molecule has 0 saturated heterocycles. The van der Waals surface area contributed by atoms with Gasteiger partial charge in [-0.3, -0.25) is 9.98 Å². The van der Waals surface area contributed by atoms with E-state index in [0.29, 0.717) is 0 Å². The molecule has 0 aromatic heterocycles. The summed E-state index contributed by atoms with van der Waals surface area (Å²) in [6.45, 7) is 10.7. The zero-order valence-corrected chi connectivity index (χ0v) is 18.9. The number of nitrogens with one attached hydrogen (secondary N) is 2. The van der Waals surface area contributed by atoms with E-state index < -0.39 is 0 Å². The lowest BCUT2D eigenvalue weighted by Crippen LogP contribution is -2.17. The highest BCUT2D eigenvalue weighted by molar-refractivity contribution is 5.98. The second-order valence-electron chi connectivity index (χ2n) is 8.79. The molecule has 0 bridgehead atoms. The van der Waals surface area contributed by atoms with Gasteiger partial charge in [0.05, 0.1) is 0 Å². The van der Waals surface area contributed by atoms with E-state index >= 15 is 0 Å². The number of rotatable bonds is 3. The lowest BCUT2D eigenvalue weighted by atomic mass is 9.95. The van der Waals surface area contributed by atoms with Crippen LogP contribution in [-0.2, 0) is 0 Å². The third kappa shape index (κ3) is 4.58. The quantitative estimate of drug-likeness (QED) is 0.609. The fraction of sp³-hybridized carbons (Fsp3) is 0.462. The average Bonchev–Trinajstić information content (AvgIpc) is 2.74. The van der Waals surface area contributed by atoms with Crippen molar-refractivity contribution in [3.63, 3.8) is 0 Å². The molecule has 0 fully saturated rings. The van der Waals surface area contributed by atoms with Crippen molar-refractivity contribution in [1.29, 1.82) is 0 Å². The molecule has 30 heavy (non-hydrogen) atoms. The van der Waals surface area contributed by atoms with Gasteiger partial charge in [-0.05, 0) is 111 Å². The fourth-order valence-corrected chi connectivity index (χ4v) is 4.54. The number of benzene rings is 2. The largest absolute Gasteiger partial charge is 0.344 e. The Balaban J connectivity index is 1.60. The van der Waals surface area contributed by atoms with Crippen molar-refractivity contribution in [2.75, 3.05) is 23.7 Å². The number of hydrogen-bond donors (Lipinski definition) is 2. The summed E-state index contributed by atoms with van der Waals surface area (Å²) in [5.41, 5.74) is 10.0. The molecule has 4 nitrogen and oxygen atoms in total. The van der Waals surface area contributed by atoms with Crippen LogP contribution < -0.4 is 10.6 Å². The number of aliphatic imine (C=N–C) groups is 2. The highest BCUT2D eigenvalue weighted by Crippen LogP contribution is 2.33. The zero-order chi connectivity index (χ0) is 21.1. The molecular formula is C26H34N4. The first-order valence-corrected chi connectivity index (χ1v) is 11.3. The van der Waals surface area contributed by atoms with E-state index in [9.17, 15) is 0 Å². The van der Waals surface area contributed by atoms with Crippen LogP contribution in [0.1, 0.15) is 60.8 Å². The third-order valence-corrected chi connectivity index (χ3v) is 6.19. The molecule has 0 amide bonds. The van der Waals surface area contributed by atoms with Gasteiger partial charge >= 0.3 is 0 Å². The van der Waals surface area contributed by atoms with Gasteiger partial charge in [0.25, 0.3) is 0 Å². The van der Waals surface area contributed by atoms with E-state index in [0.717, 1.165) is 37.6 Å². The van der Waals surface area contributed by atoms with E-state index in [1.54, 1.807) is 0 Å². The van der Waals surface area contributed by atoms with Crippen molar-refractivity contribution in [1.82, 2.24) is 0 Å². The summed E-state index contributed by atoms with van der Waals surface area (Å²) in [7, 11) is 0. The van der Waals surface area contributed by atoms with E-state index in [1.807, 2.05) is 0 Å². The molecule has 158 valence electrons. The third-order valence-electron chi connectivity index (χ3n) is 6.19. The van der Waals surface area contributed by atoms with Crippen LogP contribution in [-0.4, -0.2) is 24.8 Å². The summed E-state index contributed by atoms with van der Waals surface area (Å²) in [5.74, 6) is 2.26. The van der Waals surface area contributed by atoms with Crippen LogP contribution in [0.3, 0.4) is 0 Å². The van der Waals surface area contributed by atoms with Gasteiger partial charge in [0.15, 0.2) is 0 Å². The highest BCUT2D eigenvalue weighted by Gasteiger charge is 2.14. The minimum absolute atomic E-state index is 0.948.